The first-order valence-electron chi connectivity index (χ1n) is 7.65. The molecule has 1 aromatic rings. The molecule has 2 unspecified atom stereocenters. The van der Waals surface area contributed by atoms with Gasteiger partial charge in [-0.1, -0.05) is 23.7 Å². The number of hydrogen-bond acceptors (Lipinski definition) is 3. The fourth-order valence-corrected chi connectivity index (χ4v) is 2.96. The minimum absolute atomic E-state index is 0.00215. The molecule has 2 atom stereocenters. The molecule has 1 heterocycles. The Hall–Kier alpha value is -2.08. The summed E-state index contributed by atoms with van der Waals surface area (Å²) in [4.78, 5) is 37.3. The van der Waals surface area contributed by atoms with Crippen molar-refractivity contribution in [1.29, 1.82) is 0 Å². The molecule has 0 spiro atoms. The summed E-state index contributed by atoms with van der Waals surface area (Å²) in [5.74, 6) is -2.02. The number of halogens is 1. The Kier molecular flexibility index (Phi) is 5.18. The van der Waals surface area contributed by atoms with Crippen molar-refractivity contribution in [3.8, 4) is 0 Å². The van der Waals surface area contributed by atoms with Crippen LogP contribution in [0.2, 0.25) is 5.02 Å². The fourth-order valence-electron chi connectivity index (χ4n) is 2.77. The molecule has 0 bridgehead atoms. The van der Waals surface area contributed by atoms with Crippen molar-refractivity contribution in [1.82, 2.24) is 10.2 Å². The van der Waals surface area contributed by atoms with Gasteiger partial charge in [0.15, 0.2) is 0 Å². The Morgan fingerprint density at radius 3 is 2.67 bits per heavy atom. The van der Waals surface area contributed by atoms with E-state index in [0.717, 1.165) is 5.56 Å². The molecule has 2 amide bonds. The van der Waals surface area contributed by atoms with Crippen LogP contribution in [0.15, 0.2) is 24.3 Å². The lowest BCUT2D eigenvalue weighted by Crippen LogP contribution is -2.42. The van der Waals surface area contributed by atoms with Crippen LogP contribution in [0.1, 0.15) is 31.9 Å². The topological polar surface area (TPSA) is 86.7 Å². The van der Waals surface area contributed by atoms with Crippen molar-refractivity contribution >= 4 is 29.4 Å². The molecule has 1 saturated heterocycles. The van der Waals surface area contributed by atoms with Crippen LogP contribution in [0, 0.1) is 11.3 Å². The average molecular weight is 353 g/mol. The summed E-state index contributed by atoms with van der Waals surface area (Å²) in [5.41, 5.74) is -0.288. The number of aliphatic carboxylic acids is 1. The van der Waals surface area contributed by atoms with Crippen molar-refractivity contribution in [2.45, 2.75) is 26.3 Å². The molecule has 1 aliphatic rings. The van der Waals surface area contributed by atoms with Gasteiger partial charge >= 0.3 is 5.97 Å². The second kappa shape index (κ2) is 6.81. The quantitative estimate of drug-likeness (QED) is 0.849. The first-order chi connectivity index (χ1) is 11.1. The number of carboxylic acids is 1. The van der Waals surface area contributed by atoms with Gasteiger partial charge < -0.3 is 15.3 Å². The zero-order chi connectivity index (χ0) is 18.1. The van der Waals surface area contributed by atoms with Crippen LogP contribution in [-0.4, -0.2) is 41.4 Å². The molecule has 0 aliphatic carbocycles. The molecule has 0 saturated carbocycles. The number of carbonyl (C=O) groups is 3. The van der Waals surface area contributed by atoms with E-state index < -0.39 is 23.3 Å². The van der Waals surface area contributed by atoms with Crippen molar-refractivity contribution in [2.75, 3.05) is 13.6 Å². The van der Waals surface area contributed by atoms with Gasteiger partial charge in [0.2, 0.25) is 11.8 Å². The number of likely N-dealkylation sites (tertiary alicyclic amines) is 1. The highest BCUT2D eigenvalue weighted by atomic mass is 35.5. The highest BCUT2D eigenvalue weighted by Gasteiger charge is 2.43. The lowest BCUT2D eigenvalue weighted by molar-refractivity contribution is -0.147. The molecule has 6 nitrogen and oxygen atoms in total. The van der Waals surface area contributed by atoms with Crippen LogP contribution in [0.3, 0.4) is 0 Å². The Bertz CT molecular complexity index is 674. The number of amides is 2. The molecule has 1 aliphatic heterocycles. The number of nitrogens with one attached hydrogen (secondary N) is 1. The predicted octanol–water partition coefficient (Wildman–Crippen LogP) is 2.09. The van der Waals surface area contributed by atoms with Gasteiger partial charge in [-0.25, -0.2) is 0 Å². The van der Waals surface area contributed by atoms with Gasteiger partial charge in [-0.3, -0.25) is 14.4 Å². The van der Waals surface area contributed by atoms with Gasteiger partial charge in [0.25, 0.3) is 0 Å². The number of nitrogens with zero attached hydrogens (tertiary/aromatic N) is 1. The fraction of sp³-hybridized carbons (Fsp3) is 0.471. The second-order valence-electron chi connectivity index (χ2n) is 6.72. The largest absolute Gasteiger partial charge is 0.481 e. The van der Waals surface area contributed by atoms with E-state index in [4.69, 9.17) is 16.7 Å². The van der Waals surface area contributed by atoms with Crippen LogP contribution in [0.25, 0.3) is 0 Å². The van der Waals surface area contributed by atoms with E-state index in [0.29, 0.717) is 5.02 Å². The van der Waals surface area contributed by atoms with E-state index in [2.05, 4.69) is 5.32 Å². The highest BCUT2D eigenvalue weighted by Crippen LogP contribution is 2.37. The Morgan fingerprint density at radius 2 is 2.08 bits per heavy atom. The SMILES string of the molecule is CN1C(=O)CC(C(=O)NCC(C)(C)C(=O)O)C1c1cccc(Cl)c1. The van der Waals surface area contributed by atoms with Crippen LogP contribution < -0.4 is 5.32 Å². The summed E-state index contributed by atoms with van der Waals surface area (Å²) in [5, 5.41) is 12.3. The molecule has 2 N–H and O–H groups in total. The average Bonchev–Trinajstić information content (AvgIpc) is 2.80. The summed E-state index contributed by atoms with van der Waals surface area (Å²) < 4.78 is 0. The Labute approximate surface area is 145 Å². The first kappa shape index (κ1) is 18.3. The monoisotopic (exact) mass is 352 g/mol. The van der Waals surface area contributed by atoms with E-state index >= 15 is 0 Å². The van der Waals surface area contributed by atoms with Gasteiger partial charge in [0.1, 0.15) is 0 Å². The van der Waals surface area contributed by atoms with Crippen LogP contribution >= 0.6 is 11.6 Å². The summed E-state index contributed by atoms with van der Waals surface area (Å²) in [7, 11) is 1.66. The molecule has 1 aromatic carbocycles. The van der Waals surface area contributed by atoms with E-state index in [1.54, 1.807) is 25.2 Å². The second-order valence-corrected chi connectivity index (χ2v) is 7.16. The Morgan fingerprint density at radius 1 is 1.42 bits per heavy atom. The number of carbonyl (C=O) groups excluding carboxylic acids is 2. The smallest absolute Gasteiger partial charge is 0.310 e. The number of benzene rings is 1. The summed E-state index contributed by atoms with van der Waals surface area (Å²) in [6, 6.07) is 6.66. The standard InChI is InChI=1S/C17H21ClN2O4/c1-17(2,16(23)24)9-19-15(22)12-8-13(21)20(3)14(12)10-5-4-6-11(18)7-10/h4-7,12,14H,8-9H2,1-3H3,(H,19,22)(H,23,24). The van der Waals surface area contributed by atoms with E-state index in [9.17, 15) is 14.4 Å². The molecule has 0 radical (unpaired) electrons. The molecular weight excluding hydrogens is 332 g/mol. The molecule has 24 heavy (non-hydrogen) atoms. The minimum atomic E-state index is -1.07. The Balaban J connectivity index is 2.19. The number of rotatable bonds is 5. The molecular formula is C17H21ClN2O4. The normalized spacial score (nSPS) is 21.0. The number of carboxylic acid groups (broad SMARTS) is 1. The van der Waals surface area contributed by atoms with Gasteiger partial charge in [-0.2, -0.15) is 0 Å². The molecule has 0 aromatic heterocycles. The zero-order valence-corrected chi connectivity index (χ0v) is 14.6. The molecule has 130 valence electrons. The van der Waals surface area contributed by atoms with Crippen molar-refractivity contribution in [3.05, 3.63) is 34.9 Å². The van der Waals surface area contributed by atoms with E-state index in [-0.39, 0.29) is 24.8 Å². The van der Waals surface area contributed by atoms with Gasteiger partial charge in [0, 0.05) is 25.0 Å². The van der Waals surface area contributed by atoms with E-state index in [1.807, 2.05) is 6.07 Å². The third kappa shape index (κ3) is 3.70. The summed E-state index contributed by atoms with van der Waals surface area (Å²) in [6.07, 6.45) is 0.0903. The zero-order valence-electron chi connectivity index (χ0n) is 13.9. The number of hydrogen-bond donors (Lipinski definition) is 2. The maximum Gasteiger partial charge on any atom is 0.310 e. The van der Waals surface area contributed by atoms with Crippen molar-refractivity contribution in [3.63, 3.8) is 0 Å². The molecule has 1 fully saturated rings. The predicted molar refractivity (Wildman–Crippen MR) is 89.5 cm³/mol. The lowest BCUT2D eigenvalue weighted by Gasteiger charge is -2.26. The first-order valence-corrected chi connectivity index (χ1v) is 8.03. The van der Waals surface area contributed by atoms with Crippen LogP contribution in [0.5, 0.6) is 0 Å². The maximum atomic E-state index is 12.6. The van der Waals surface area contributed by atoms with Crippen molar-refractivity contribution < 1.29 is 19.5 Å². The van der Waals surface area contributed by atoms with Gasteiger partial charge in [-0.15, -0.1) is 0 Å². The summed E-state index contributed by atoms with van der Waals surface area (Å²) in [6.45, 7) is 3.07. The van der Waals surface area contributed by atoms with Gasteiger partial charge in [0.05, 0.1) is 17.4 Å². The molecule has 2 rings (SSSR count). The highest BCUT2D eigenvalue weighted by molar-refractivity contribution is 6.30. The molecule has 7 heteroatoms. The maximum absolute atomic E-state index is 12.6. The minimum Gasteiger partial charge on any atom is -0.481 e. The van der Waals surface area contributed by atoms with Gasteiger partial charge in [-0.05, 0) is 31.5 Å². The third-order valence-corrected chi connectivity index (χ3v) is 4.63. The van der Waals surface area contributed by atoms with Crippen molar-refractivity contribution in [2.24, 2.45) is 11.3 Å². The van der Waals surface area contributed by atoms with E-state index in [1.165, 1.54) is 18.7 Å². The van der Waals surface area contributed by atoms with Crippen LogP contribution in [0.4, 0.5) is 0 Å². The summed E-state index contributed by atoms with van der Waals surface area (Å²) >= 11 is 6.02. The van der Waals surface area contributed by atoms with Crippen LogP contribution in [-0.2, 0) is 14.4 Å². The lowest BCUT2D eigenvalue weighted by atomic mass is 9.91. The third-order valence-electron chi connectivity index (χ3n) is 4.40.